The van der Waals surface area contributed by atoms with Crippen LogP contribution in [0.25, 0.3) is 6.08 Å². The van der Waals surface area contributed by atoms with E-state index in [1.807, 2.05) is 36.4 Å². The van der Waals surface area contributed by atoms with E-state index in [9.17, 15) is 9.59 Å². The Kier molecular flexibility index (Phi) is 6.15. The third-order valence-electron chi connectivity index (χ3n) is 5.09. The van der Waals surface area contributed by atoms with Crippen LogP contribution in [0.15, 0.2) is 42.6 Å². The van der Waals surface area contributed by atoms with Crippen molar-refractivity contribution >= 4 is 23.6 Å². The second-order valence-electron chi connectivity index (χ2n) is 8.30. The molecule has 6 nitrogen and oxygen atoms in total. The Bertz CT molecular complexity index is 972. The summed E-state index contributed by atoms with van der Waals surface area (Å²) in [5, 5.41) is 2.86. The number of hydrogen-bond acceptors (Lipinski definition) is 4. The van der Waals surface area contributed by atoms with Crippen molar-refractivity contribution in [3.05, 3.63) is 59.3 Å². The SMILES string of the molecule is COc1cc2c(cc1OC)CC(=O)N(CC(=O)Nc1ccc(C(C)(C)C)cc1)C=C2. The van der Waals surface area contributed by atoms with E-state index in [0.29, 0.717) is 17.2 Å². The summed E-state index contributed by atoms with van der Waals surface area (Å²) in [5.41, 5.74) is 3.63. The van der Waals surface area contributed by atoms with E-state index in [0.717, 1.165) is 11.1 Å². The Morgan fingerprint density at radius 2 is 1.70 bits per heavy atom. The molecule has 2 amide bonds. The summed E-state index contributed by atoms with van der Waals surface area (Å²) in [4.78, 5) is 26.6. The maximum Gasteiger partial charge on any atom is 0.244 e. The minimum absolute atomic E-state index is 0.0478. The van der Waals surface area contributed by atoms with Crippen LogP contribution >= 0.6 is 0 Å². The van der Waals surface area contributed by atoms with Gasteiger partial charge in [-0.25, -0.2) is 0 Å². The van der Waals surface area contributed by atoms with Crippen molar-refractivity contribution in [2.45, 2.75) is 32.6 Å². The first-order valence-corrected chi connectivity index (χ1v) is 9.84. The molecule has 3 rings (SSSR count). The second-order valence-corrected chi connectivity index (χ2v) is 8.30. The Morgan fingerprint density at radius 3 is 2.30 bits per heavy atom. The first-order valence-electron chi connectivity index (χ1n) is 9.84. The summed E-state index contributed by atoms with van der Waals surface area (Å²) in [6.45, 7) is 6.36. The van der Waals surface area contributed by atoms with Crippen LogP contribution in [0.2, 0.25) is 0 Å². The number of benzene rings is 2. The second kappa shape index (κ2) is 8.61. The number of ether oxygens (including phenoxy) is 2. The highest BCUT2D eigenvalue weighted by atomic mass is 16.5. The molecule has 0 saturated carbocycles. The van der Waals surface area contributed by atoms with Crippen LogP contribution < -0.4 is 14.8 Å². The van der Waals surface area contributed by atoms with Gasteiger partial charge in [-0.1, -0.05) is 32.9 Å². The van der Waals surface area contributed by atoms with Gasteiger partial charge in [-0.3, -0.25) is 9.59 Å². The molecule has 0 aromatic heterocycles. The number of rotatable bonds is 5. The number of nitrogens with one attached hydrogen (secondary N) is 1. The molecule has 1 aliphatic heterocycles. The van der Waals surface area contributed by atoms with Crippen molar-refractivity contribution in [1.82, 2.24) is 4.90 Å². The van der Waals surface area contributed by atoms with E-state index in [-0.39, 0.29) is 30.2 Å². The molecule has 0 unspecified atom stereocenters. The number of hydrogen-bond donors (Lipinski definition) is 1. The van der Waals surface area contributed by atoms with Gasteiger partial charge in [-0.2, -0.15) is 0 Å². The van der Waals surface area contributed by atoms with Crippen LogP contribution in [0, 0.1) is 0 Å². The van der Waals surface area contributed by atoms with Crippen LogP contribution in [0.5, 0.6) is 11.5 Å². The van der Waals surface area contributed by atoms with Gasteiger partial charge < -0.3 is 19.7 Å². The molecule has 2 aromatic carbocycles. The summed E-state index contributed by atoms with van der Waals surface area (Å²) in [5.74, 6) is 0.758. The summed E-state index contributed by atoms with van der Waals surface area (Å²) in [6, 6.07) is 11.4. The quantitative estimate of drug-likeness (QED) is 0.812. The number of anilines is 1. The molecular weight excluding hydrogens is 380 g/mol. The molecule has 0 bridgehead atoms. The maximum atomic E-state index is 12.7. The summed E-state index contributed by atoms with van der Waals surface area (Å²) in [7, 11) is 3.13. The molecule has 0 fully saturated rings. The van der Waals surface area contributed by atoms with Crippen molar-refractivity contribution in [1.29, 1.82) is 0 Å². The summed E-state index contributed by atoms with van der Waals surface area (Å²) >= 11 is 0. The molecule has 1 aliphatic rings. The fourth-order valence-electron chi connectivity index (χ4n) is 3.31. The van der Waals surface area contributed by atoms with Crippen LogP contribution in [0.1, 0.15) is 37.5 Å². The van der Waals surface area contributed by atoms with Crippen molar-refractivity contribution in [2.75, 3.05) is 26.1 Å². The molecule has 1 heterocycles. The van der Waals surface area contributed by atoms with Crippen LogP contribution in [-0.2, 0) is 21.4 Å². The zero-order valence-electron chi connectivity index (χ0n) is 18.1. The van der Waals surface area contributed by atoms with E-state index in [4.69, 9.17) is 9.47 Å². The molecule has 0 aliphatic carbocycles. The summed E-state index contributed by atoms with van der Waals surface area (Å²) < 4.78 is 10.7. The zero-order chi connectivity index (χ0) is 21.9. The lowest BCUT2D eigenvalue weighted by molar-refractivity contribution is -0.131. The highest BCUT2D eigenvalue weighted by molar-refractivity contribution is 5.95. The van der Waals surface area contributed by atoms with E-state index < -0.39 is 0 Å². The normalized spacial score (nSPS) is 13.5. The number of amides is 2. The average Bonchev–Trinajstić information content (AvgIpc) is 2.85. The van der Waals surface area contributed by atoms with Crippen molar-refractivity contribution < 1.29 is 19.1 Å². The van der Waals surface area contributed by atoms with Gasteiger partial charge in [0.2, 0.25) is 11.8 Å². The Balaban J connectivity index is 1.69. The largest absolute Gasteiger partial charge is 0.493 e. The molecule has 0 saturated heterocycles. The van der Waals surface area contributed by atoms with E-state index in [1.54, 1.807) is 26.5 Å². The number of fused-ring (bicyclic) bond motifs is 1. The van der Waals surface area contributed by atoms with Crippen molar-refractivity contribution in [2.24, 2.45) is 0 Å². The number of carbonyl (C=O) groups excluding carboxylic acids is 2. The molecule has 0 atom stereocenters. The van der Waals surface area contributed by atoms with Crippen molar-refractivity contribution in [3.8, 4) is 11.5 Å². The van der Waals surface area contributed by atoms with Gasteiger partial charge in [0.1, 0.15) is 6.54 Å². The molecule has 6 heteroatoms. The molecule has 0 radical (unpaired) electrons. The van der Waals surface area contributed by atoms with Gasteiger partial charge in [0.15, 0.2) is 11.5 Å². The highest BCUT2D eigenvalue weighted by Crippen LogP contribution is 2.32. The van der Waals surface area contributed by atoms with Crippen molar-refractivity contribution in [3.63, 3.8) is 0 Å². The lowest BCUT2D eigenvalue weighted by Crippen LogP contribution is -2.34. The minimum atomic E-state index is -0.252. The molecule has 1 N–H and O–H groups in total. The molecule has 0 spiro atoms. The molecule has 2 aromatic rings. The number of carbonyl (C=O) groups is 2. The van der Waals surface area contributed by atoms with Gasteiger partial charge in [-0.05, 0) is 52.4 Å². The van der Waals surface area contributed by atoms with Crippen LogP contribution in [0.4, 0.5) is 5.69 Å². The predicted octanol–water partition coefficient (Wildman–Crippen LogP) is 4.00. The zero-order valence-corrected chi connectivity index (χ0v) is 18.1. The number of nitrogens with zero attached hydrogens (tertiary/aromatic N) is 1. The first-order chi connectivity index (χ1) is 14.2. The molecule has 30 heavy (non-hydrogen) atoms. The smallest absolute Gasteiger partial charge is 0.244 e. The lowest BCUT2D eigenvalue weighted by atomic mass is 9.87. The predicted molar refractivity (Wildman–Crippen MR) is 118 cm³/mol. The Labute approximate surface area is 177 Å². The fraction of sp³-hybridized carbons (Fsp3) is 0.333. The van der Waals surface area contributed by atoms with E-state index >= 15 is 0 Å². The van der Waals surface area contributed by atoms with Gasteiger partial charge in [0.25, 0.3) is 0 Å². The summed E-state index contributed by atoms with van der Waals surface area (Å²) in [6.07, 6.45) is 3.63. The minimum Gasteiger partial charge on any atom is -0.493 e. The van der Waals surface area contributed by atoms with Gasteiger partial charge >= 0.3 is 0 Å². The third kappa shape index (κ3) is 4.82. The van der Waals surface area contributed by atoms with E-state index in [1.165, 1.54) is 10.5 Å². The Hall–Kier alpha value is -3.28. The monoisotopic (exact) mass is 408 g/mol. The van der Waals surface area contributed by atoms with Gasteiger partial charge in [0.05, 0.1) is 20.6 Å². The van der Waals surface area contributed by atoms with Crippen LogP contribution in [-0.4, -0.2) is 37.5 Å². The topological polar surface area (TPSA) is 67.9 Å². The Morgan fingerprint density at radius 1 is 1.07 bits per heavy atom. The third-order valence-corrected chi connectivity index (χ3v) is 5.09. The van der Waals surface area contributed by atoms with E-state index in [2.05, 4.69) is 26.1 Å². The fourth-order valence-corrected chi connectivity index (χ4v) is 3.31. The molecular formula is C24H28N2O4. The lowest BCUT2D eigenvalue weighted by Gasteiger charge is -2.20. The maximum absolute atomic E-state index is 12.7. The standard InChI is InChI=1S/C24H28N2O4/c1-24(2,3)18-6-8-19(9-7-18)25-22(27)15-26-11-10-16-12-20(29-4)21(30-5)13-17(16)14-23(26)28/h6-13H,14-15H2,1-5H3,(H,25,27). The van der Waals surface area contributed by atoms with Gasteiger partial charge in [0, 0.05) is 11.9 Å². The molecule has 158 valence electrons. The average molecular weight is 408 g/mol. The highest BCUT2D eigenvalue weighted by Gasteiger charge is 2.21. The van der Waals surface area contributed by atoms with Crippen LogP contribution in [0.3, 0.4) is 0 Å². The first kappa shape index (κ1) is 21.4. The number of methoxy groups -OCH3 is 2. The van der Waals surface area contributed by atoms with Gasteiger partial charge in [-0.15, -0.1) is 0 Å².